The predicted molar refractivity (Wildman–Crippen MR) is 72.7 cm³/mol. The van der Waals surface area contributed by atoms with Crippen LogP contribution in [0.5, 0.6) is 0 Å². The molecule has 1 amide bonds. The molecule has 7 heteroatoms. The van der Waals surface area contributed by atoms with Gasteiger partial charge in [-0.3, -0.25) is 4.79 Å². The maximum atomic E-state index is 13.5. The second-order valence-corrected chi connectivity index (χ2v) is 4.46. The van der Waals surface area contributed by atoms with Crippen molar-refractivity contribution in [2.75, 3.05) is 5.32 Å². The molecule has 2 aromatic carbocycles. The molecule has 0 aliphatic carbocycles. The molecule has 0 aromatic heterocycles. The first kappa shape index (κ1) is 14.9. The van der Waals surface area contributed by atoms with Crippen LogP contribution in [0.1, 0.15) is 20.7 Å². The van der Waals surface area contributed by atoms with Gasteiger partial charge < -0.3 is 10.4 Å². The van der Waals surface area contributed by atoms with E-state index in [1.54, 1.807) is 0 Å². The molecule has 0 saturated heterocycles. The fraction of sp³-hybridized carbons (Fsp3) is 0. The first-order chi connectivity index (χ1) is 9.90. The second-order valence-electron chi connectivity index (χ2n) is 4.06. The van der Waals surface area contributed by atoms with Crippen LogP contribution < -0.4 is 5.32 Å². The summed E-state index contributed by atoms with van der Waals surface area (Å²) in [4.78, 5) is 22.6. The number of carboxylic acid groups (broad SMARTS) is 1. The van der Waals surface area contributed by atoms with Crippen LogP contribution >= 0.6 is 11.6 Å². The lowest BCUT2D eigenvalue weighted by molar-refractivity contribution is 0.0696. The molecule has 0 bridgehead atoms. The van der Waals surface area contributed by atoms with E-state index in [0.29, 0.717) is 0 Å². The smallest absolute Gasteiger partial charge is 0.335 e. The zero-order valence-electron chi connectivity index (χ0n) is 10.4. The van der Waals surface area contributed by atoms with Crippen molar-refractivity contribution >= 4 is 29.2 Å². The van der Waals surface area contributed by atoms with Crippen LogP contribution in [-0.2, 0) is 0 Å². The van der Waals surface area contributed by atoms with E-state index in [1.807, 2.05) is 0 Å². The van der Waals surface area contributed by atoms with E-state index >= 15 is 0 Å². The van der Waals surface area contributed by atoms with E-state index in [2.05, 4.69) is 5.32 Å². The summed E-state index contributed by atoms with van der Waals surface area (Å²) in [7, 11) is 0. The fourth-order valence-electron chi connectivity index (χ4n) is 1.62. The van der Waals surface area contributed by atoms with Crippen molar-refractivity contribution in [3.63, 3.8) is 0 Å². The monoisotopic (exact) mass is 311 g/mol. The van der Waals surface area contributed by atoms with E-state index in [-0.39, 0.29) is 16.3 Å². The van der Waals surface area contributed by atoms with Crippen LogP contribution in [0.15, 0.2) is 36.4 Å². The molecule has 0 unspecified atom stereocenters. The zero-order chi connectivity index (χ0) is 15.6. The summed E-state index contributed by atoms with van der Waals surface area (Å²) in [5, 5.41) is 11.1. The lowest BCUT2D eigenvalue weighted by Crippen LogP contribution is -2.15. The minimum atomic E-state index is -1.27. The van der Waals surface area contributed by atoms with Gasteiger partial charge in [-0.1, -0.05) is 17.7 Å². The molecule has 0 aliphatic heterocycles. The number of nitrogens with one attached hydrogen (secondary N) is 1. The van der Waals surface area contributed by atoms with Gasteiger partial charge in [0.1, 0.15) is 0 Å². The Morgan fingerprint density at radius 1 is 1.14 bits per heavy atom. The van der Waals surface area contributed by atoms with Crippen LogP contribution in [-0.4, -0.2) is 17.0 Å². The Balaban J connectivity index is 2.28. The number of carbonyl (C=O) groups excluding carboxylic acids is 1. The molecule has 0 fully saturated rings. The van der Waals surface area contributed by atoms with Gasteiger partial charge in [0, 0.05) is 0 Å². The molecule has 2 aromatic rings. The van der Waals surface area contributed by atoms with Crippen LogP contribution in [0, 0.1) is 11.6 Å². The fourth-order valence-corrected chi connectivity index (χ4v) is 1.85. The van der Waals surface area contributed by atoms with Crippen molar-refractivity contribution in [1.29, 1.82) is 0 Å². The van der Waals surface area contributed by atoms with E-state index in [1.165, 1.54) is 18.2 Å². The number of rotatable bonds is 3. The molecular formula is C14H8ClF2NO3. The summed E-state index contributed by atoms with van der Waals surface area (Å²) in [5.41, 5.74) is -0.446. The molecule has 0 heterocycles. The first-order valence-electron chi connectivity index (χ1n) is 5.68. The number of benzene rings is 2. The van der Waals surface area contributed by atoms with Gasteiger partial charge in [0.25, 0.3) is 5.91 Å². The van der Waals surface area contributed by atoms with E-state index in [0.717, 1.165) is 18.2 Å². The van der Waals surface area contributed by atoms with Gasteiger partial charge >= 0.3 is 5.97 Å². The Morgan fingerprint density at radius 3 is 2.48 bits per heavy atom. The lowest BCUT2D eigenvalue weighted by atomic mass is 10.1. The summed E-state index contributed by atoms with van der Waals surface area (Å²) in [6.45, 7) is 0. The quantitative estimate of drug-likeness (QED) is 0.910. The Hall–Kier alpha value is -2.47. The summed E-state index contributed by atoms with van der Waals surface area (Å²) < 4.78 is 26.5. The van der Waals surface area contributed by atoms with Crippen LogP contribution in [0.2, 0.25) is 5.02 Å². The molecule has 0 atom stereocenters. The van der Waals surface area contributed by atoms with Gasteiger partial charge in [-0.25, -0.2) is 13.6 Å². The highest BCUT2D eigenvalue weighted by Crippen LogP contribution is 2.24. The minimum Gasteiger partial charge on any atom is -0.478 e. The molecular weight excluding hydrogens is 304 g/mol. The third-order valence-corrected chi connectivity index (χ3v) is 2.97. The van der Waals surface area contributed by atoms with Crippen molar-refractivity contribution in [3.8, 4) is 0 Å². The average Bonchev–Trinajstić information content (AvgIpc) is 2.43. The van der Waals surface area contributed by atoms with Gasteiger partial charge in [0.05, 0.1) is 21.8 Å². The largest absolute Gasteiger partial charge is 0.478 e. The SMILES string of the molecule is O=C(O)c1ccc(NC(=O)c2cccc(F)c2F)c(Cl)c1. The van der Waals surface area contributed by atoms with Crippen molar-refractivity contribution in [2.45, 2.75) is 0 Å². The summed E-state index contributed by atoms with van der Waals surface area (Å²) in [5.74, 6) is -4.48. The molecule has 2 N–H and O–H groups in total. The van der Waals surface area contributed by atoms with Gasteiger partial charge in [0.15, 0.2) is 11.6 Å². The van der Waals surface area contributed by atoms with Crippen molar-refractivity contribution in [3.05, 3.63) is 64.2 Å². The zero-order valence-corrected chi connectivity index (χ0v) is 11.1. The van der Waals surface area contributed by atoms with Gasteiger partial charge in [-0.15, -0.1) is 0 Å². The number of carbonyl (C=O) groups is 2. The third-order valence-electron chi connectivity index (χ3n) is 2.66. The molecule has 0 spiro atoms. The molecule has 4 nitrogen and oxygen atoms in total. The van der Waals surface area contributed by atoms with Crippen LogP contribution in [0.25, 0.3) is 0 Å². The summed E-state index contributed by atoms with van der Waals surface area (Å²) >= 11 is 5.83. The number of hydrogen-bond acceptors (Lipinski definition) is 2. The summed E-state index contributed by atoms with van der Waals surface area (Å²) in [6.07, 6.45) is 0. The Kier molecular flexibility index (Phi) is 4.18. The molecule has 21 heavy (non-hydrogen) atoms. The van der Waals surface area contributed by atoms with Crippen molar-refractivity contribution in [2.24, 2.45) is 0 Å². The van der Waals surface area contributed by atoms with Gasteiger partial charge in [-0.2, -0.15) is 0 Å². The molecule has 0 aliphatic rings. The van der Waals surface area contributed by atoms with E-state index < -0.39 is 29.1 Å². The highest BCUT2D eigenvalue weighted by molar-refractivity contribution is 6.34. The first-order valence-corrected chi connectivity index (χ1v) is 6.06. The third kappa shape index (κ3) is 3.17. The Labute approximate surface area is 123 Å². The standard InChI is InChI=1S/C14H8ClF2NO3/c15-9-6-7(14(20)21)4-5-11(9)18-13(19)8-2-1-3-10(16)12(8)17/h1-6H,(H,18,19)(H,20,21). The van der Waals surface area contributed by atoms with Crippen molar-refractivity contribution in [1.82, 2.24) is 0 Å². The normalized spacial score (nSPS) is 10.2. The molecule has 108 valence electrons. The topological polar surface area (TPSA) is 66.4 Å². The summed E-state index contributed by atoms with van der Waals surface area (Å²) in [6, 6.07) is 6.84. The number of hydrogen-bond donors (Lipinski definition) is 2. The number of aromatic carboxylic acids is 1. The van der Waals surface area contributed by atoms with Gasteiger partial charge in [0.2, 0.25) is 0 Å². The van der Waals surface area contributed by atoms with Gasteiger partial charge in [-0.05, 0) is 30.3 Å². The molecule has 0 radical (unpaired) electrons. The Morgan fingerprint density at radius 2 is 1.86 bits per heavy atom. The number of amides is 1. The maximum absolute atomic E-state index is 13.5. The number of carboxylic acids is 1. The average molecular weight is 312 g/mol. The Bertz CT molecular complexity index is 734. The van der Waals surface area contributed by atoms with Crippen molar-refractivity contribution < 1.29 is 23.5 Å². The maximum Gasteiger partial charge on any atom is 0.335 e. The molecule has 0 saturated carbocycles. The minimum absolute atomic E-state index is 0.0277. The number of anilines is 1. The highest BCUT2D eigenvalue weighted by Gasteiger charge is 2.16. The highest BCUT2D eigenvalue weighted by atomic mass is 35.5. The number of halogens is 3. The predicted octanol–water partition coefficient (Wildman–Crippen LogP) is 3.57. The second kappa shape index (κ2) is 5.88. The van der Waals surface area contributed by atoms with E-state index in [4.69, 9.17) is 16.7 Å². The molecule has 2 rings (SSSR count). The van der Waals surface area contributed by atoms with Crippen LogP contribution in [0.3, 0.4) is 0 Å². The lowest BCUT2D eigenvalue weighted by Gasteiger charge is -2.08. The van der Waals surface area contributed by atoms with Crippen LogP contribution in [0.4, 0.5) is 14.5 Å². The van der Waals surface area contributed by atoms with E-state index in [9.17, 15) is 18.4 Å².